The summed E-state index contributed by atoms with van der Waals surface area (Å²) in [5.74, 6) is -0.568. The molecule has 1 saturated heterocycles. The minimum absolute atomic E-state index is 0.187. The zero-order valence-electron chi connectivity index (χ0n) is 22.5. The maximum atomic E-state index is 13.0. The molecule has 0 aromatic heterocycles. The van der Waals surface area contributed by atoms with E-state index in [-0.39, 0.29) is 12.5 Å². The molecule has 2 N–H and O–H groups in total. The molecule has 3 aromatic carbocycles. The van der Waals surface area contributed by atoms with Gasteiger partial charge in [-0.2, -0.15) is 13.2 Å². The number of hydrogen-bond acceptors (Lipinski definition) is 3. The maximum absolute atomic E-state index is 13.0. The molecule has 0 bridgehead atoms. The van der Waals surface area contributed by atoms with E-state index in [9.17, 15) is 27.9 Å². The van der Waals surface area contributed by atoms with Crippen molar-refractivity contribution in [3.05, 3.63) is 101 Å². The average Bonchev–Trinajstić information content (AvgIpc) is 3.18. The number of halogens is 3. The van der Waals surface area contributed by atoms with Gasteiger partial charge in [-0.1, -0.05) is 54.6 Å². The number of rotatable bonds is 11. The summed E-state index contributed by atoms with van der Waals surface area (Å²) in [6.07, 6.45) is -1.63. The first-order chi connectivity index (χ1) is 18.9. The summed E-state index contributed by atoms with van der Waals surface area (Å²) in [4.78, 5) is 26.0. The van der Waals surface area contributed by atoms with Crippen LogP contribution in [0.25, 0.3) is 0 Å². The van der Waals surface area contributed by atoms with E-state index in [1.807, 2.05) is 30.3 Å². The predicted octanol–water partition coefficient (Wildman–Crippen LogP) is 6.13. The van der Waals surface area contributed by atoms with Gasteiger partial charge < -0.3 is 20.1 Å². The fourth-order valence-corrected chi connectivity index (χ4v) is 5.15. The van der Waals surface area contributed by atoms with Crippen LogP contribution in [0.15, 0.2) is 78.9 Å². The Labute approximate surface area is 231 Å². The number of aryl methyl sites for hydroxylation is 1. The van der Waals surface area contributed by atoms with Crippen LogP contribution in [0.2, 0.25) is 0 Å². The van der Waals surface area contributed by atoms with Crippen LogP contribution >= 0.6 is 0 Å². The van der Waals surface area contributed by atoms with Crippen molar-refractivity contribution in [2.75, 3.05) is 13.6 Å². The number of para-hydroxylation sites is 1. The highest BCUT2D eigenvalue weighted by atomic mass is 19.4. The lowest BCUT2D eigenvalue weighted by atomic mass is 9.84. The number of carbonyl (C=O) groups is 2. The van der Waals surface area contributed by atoms with E-state index in [1.54, 1.807) is 43.1 Å². The molecule has 3 aromatic rings. The van der Waals surface area contributed by atoms with Gasteiger partial charge in [0.05, 0.1) is 11.1 Å². The zero-order valence-corrected chi connectivity index (χ0v) is 22.5. The van der Waals surface area contributed by atoms with Crippen molar-refractivity contribution in [1.82, 2.24) is 10.2 Å². The lowest BCUT2D eigenvalue weighted by Crippen LogP contribution is -2.46. The summed E-state index contributed by atoms with van der Waals surface area (Å²) in [6.45, 7) is 1.97. The normalized spacial score (nSPS) is 18.7. The Hall–Kier alpha value is -4.01. The van der Waals surface area contributed by atoms with Gasteiger partial charge in [-0.3, -0.25) is 0 Å². The number of alkyl halides is 3. The molecule has 1 aliphatic rings. The molecule has 9 heteroatoms. The highest BCUT2D eigenvalue weighted by Crippen LogP contribution is 2.33. The van der Waals surface area contributed by atoms with Crippen molar-refractivity contribution in [3.63, 3.8) is 0 Å². The summed E-state index contributed by atoms with van der Waals surface area (Å²) in [7, 11) is 1.72. The smallest absolute Gasteiger partial charge is 0.416 e. The van der Waals surface area contributed by atoms with Gasteiger partial charge >= 0.3 is 18.2 Å². The minimum atomic E-state index is -4.39. The topological polar surface area (TPSA) is 78.9 Å². The van der Waals surface area contributed by atoms with E-state index in [4.69, 9.17) is 4.74 Å². The highest BCUT2D eigenvalue weighted by Gasteiger charge is 2.43. The monoisotopic (exact) mass is 554 g/mol. The van der Waals surface area contributed by atoms with Crippen molar-refractivity contribution in [3.8, 4) is 5.75 Å². The number of benzene rings is 3. The van der Waals surface area contributed by atoms with Gasteiger partial charge in [-0.15, -0.1) is 0 Å². The summed E-state index contributed by atoms with van der Waals surface area (Å²) in [6, 6.07) is 21.5. The molecule has 0 spiro atoms. The number of carbonyl (C=O) groups excluding carboxylic acids is 1. The summed E-state index contributed by atoms with van der Waals surface area (Å²) in [5, 5.41) is 12.7. The maximum Gasteiger partial charge on any atom is 0.416 e. The van der Waals surface area contributed by atoms with E-state index >= 15 is 0 Å². The molecule has 2 unspecified atom stereocenters. The van der Waals surface area contributed by atoms with Crippen LogP contribution in [0.1, 0.15) is 42.0 Å². The number of ether oxygens (including phenoxy) is 1. The van der Waals surface area contributed by atoms with Crippen LogP contribution in [-0.2, 0) is 30.2 Å². The fourth-order valence-electron chi connectivity index (χ4n) is 5.15. The molecule has 1 heterocycles. The van der Waals surface area contributed by atoms with Crippen LogP contribution in [0.3, 0.4) is 0 Å². The van der Waals surface area contributed by atoms with Crippen molar-refractivity contribution in [1.29, 1.82) is 0 Å². The van der Waals surface area contributed by atoms with E-state index in [0.29, 0.717) is 25.1 Å². The second-order valence-corrected chi connectivity index (χ2v) is 10.6. The number of amides is 2. The number of nitrogens with one attached hydrogen (secondary N) is 1. The molecule has 0 saturated carbocycles. The van der Waals surface area contributed by atoms with E-state index in [2.05, 4.69) is 5.32 Å². The summed E-state index contributed by atoms with van der Waals surface area (Å²) < 4.78 is 44.8. The molecular weight excluding hydrogens is 521 g/mol. The third-order valence-electron chi connectivity index (χ3n) is 7.61. The molecule has 6 nitrogen and oxygen atoms in total. The third-order valence-corrected chi connectivity index (χ3v) is 7.61. The predicted molar refractivity (Wildman–Crippen MR) is 145 cm³/mol. The Kier molecular flexibility index (Phi) is 8.42. The van der Waals surface area contributed by atoms with Gasteiger partial charge in [0.1, 0.15) is 5.75 Å². The largest absolute Gasteiger partial charge is 0.478 e. The SMILES string of the molecule is CN1C(=O)NCC1(CCCc1ccc(CC(C)(Oc2ccccc2)C(=O)O)cc1)Cc1ccc(C(F)(F)F)cc1. The Morgan fingerprint density at radius 3 is 2.12 bits per heavy atom. The standard InChI is InChI=1S/C31H33F3N2O4/c1-29(27(37)38,40-26-8-4-3-5-9-26)19-23-12-10-22(11-13-23)7-6-18-30(21-35-28(39)36(30)2)20-24-14-16-25(17-15-24)31(32,33)34/h3-5,8-17H,6-7,18-21H2,1-2H3,(H,35,39)(H,37,38). The molecule has 1 fully saturated rings. The lowest BCUT2D eigenvalue weighted by Gasteiger charge is -2.35. The Morgan fingerprint density at radius 1 is 0.975 bits per heavy atom. The van der Waals surface area contributed by atoms with Gasteiger partial charge in [0.2, 0.25) is 5.60 Å². The quantitative estimate of drug-likeness (QED) is 0.299. The van der Waals surface area contributed by atoms with Gasteiger partial charge in [0.25, 0.3) is 0 Å². The minimum Gasteiger partial charge on any atom is -0.478 e. The van der Waals surface area contributed by atoms with E-state index < -0.39 is 28.8 Å². The van der Waals surface area contributed by atoms with Crippen LogP contribution in [0, 0.1) is 0 Å². The fraction of sp³-hybridized carbons (Fsp3) is 0.355. The van der Waals surface area contributed by atoms with Crippen LogP contribution in [0.5, 0.6) is 5.75 Å². The Bertz CT molecular complexity index is 1310. The van der Waals surface area contributed by atoms with E-state index in [1.165, 1.54) is 12.1 Å². The molecule has 2 atom stereocenters. The molecule has 1 aliphatic heterocycles. The Morgan fingerprint density at radius 2 is 1.57 bits per heavy atom. The molecule has 40 heavy (non-hydrogen) atoms. The Balaban J connectivity index is 1.39. The number of nitrogens with zero attached hydrogens (tertiary/aromatic N) is 1. The first-order valence-electron chi connectivity index (χ1n) is 13.1. The highest BCUT2D eigenvalue weighted by molar-refractivity contribution is 5.78. The van der Waals surface area contributed by atoms with Crippen molar-refractivity contribution in [2.45, 2.75) is 56.3 Å². The number of hydrogen-bond donors (Lipinski definition) is 2. The number of aliphatic carboxylic acids is 1. The molecule has 2 amide bonds. The van der Waals surface area contributed by atoms with Crippen molar-refractivity contribution >= 4 is 12.0 Å². The summed E-state index contributed by atoms with van der Waals surface area (Å²) in [5.41, 5.74) is -0.0457. The first kappa shape index (κ1) is 29.0. The zero-order chi connectivity index (χ0) is 29.0. The molecular formula is C31H33F3N2O4. The van der Waals surface area contributed by atoms with Gasteiger partial charge in [-0.25, -0.2) is 9.59 Å². The van der Waals surface area contributed by atoms with Gasteiger partial charge in [0.15, 0.2) is 0 Å². The van der Waals surface area contributed by atoms with Crippen molar-refractivity contribution < 1.29 is 32.6 Å². The first-order valence-corrected chi connectivity index (χ1v) is 13.1. The number of carboxylic acids is 1. The number of urea groups is 1. The van der Waals surface area contributed by atoms with Crippen LogP contribution in [0.4, 0.5) is 18.0 Å². The number of likely N-dealkylation sites (N-methyl/N-ethyl adjacent to an activating group) is 1. The summed E-state index contributed by atoms with van der Waals surface area (Å²) >= 11 is 0. The molecule has 0 aliphatic carbocycles. The second kappa shape index (κ2) is 11.6. The second-order valence-electron chi connectivity index (χ2n) is 10.6. The van der Waals surface area contributed by atoms with E-state index in [0.717, 1.165) is 41.7 Å². The van der Waals surface area contributed by atoms with Gasteiger partial charge in [0, 0.05) is 20.0 Å². The lowest BCUT2D eigenvalue weighted by molar-refractivity contribution is -0.153. The number of carboxylic acid groups (broad SMARTS) is 1. The van der Waals surface area contributed by atoms with Crippen molar-refractivity contribution in [2.24, 2.45) is 0 Å². The molecule has 4 rings (SSSR count). The third kappa shape index (κ3) is 6.76. The molecule has 212 valence electrons. The van der Waals surface area contributed by atoms with Crippen LogP contribution < -0.4 is 10.1 Å². The van der Waals surface area contributed by atoms with Crippen LogP contribution in [-0.4, -0.2) is 46.7 Å². The van der Waals surface area contributed by atoms with Gasteiger partial charge in [-0.05, 0) is 73.6 Å². The molecule has 0 radical (unpaired) electrons. The average molecular weight is 555 g/mol.